The second-order valence-corrected chi connectivity index (χ2v) is 5.61. The lowest BCUT2D eigenvalue weighted by Crippen LogP contribution is -2.29. The molecule has 0 atom stereocenters. The number of aromatic nitrogens is 1. The molecule has 1 aromatic carbocycles. The fourth-order valence-electron chi connectivity index (χ4n) is 2.33. The van der Waals surface area contributed by atoms with Gasteiger partial charge in [0.2, 0.25) is 0 Å². The zero-order valence-corrected chi connectivity index (χ0v) is 11.5. The number of amides is 1. The van der Waals surface area contributed by atoms with E-state index in [4.69, 9.17) is 0 Å². The average molecular weight is 272 g/mol. The van der Waals surface area contributed by atoms with Gasteiger partial charge in [0.25, 0.3) is 11.7 Å². The summed E-state index contributed by atoms with van der Waals surface area (Å²) in [5.41, 5.74) is 2.98. The first-order chi connectivity index (χ1) is 9.08. The molecule has 96 valence electrons. The molecule has 0 saturated heterocycles. The summed E-state index contributed by atoms with van der Waals surface area (Å²) in [5, 5.41) is 2.88. The molecule has 0 spiro atoms. The molecule has 2 aromatic rings. The third-order valence-electron chi connectivity index (χ3n) is 3.18. The smallest absolute Gasteiger partial charge is 0.298 e. The number of fused-ring (bicyclic) bond motifs is 1. The molecule has 5 heteroatoms. The Kier molecular flexibility index (Phi) is 2.71. The molecule has 0 aliphatic carbocycles. The van der Waals surface area contributed by atoms with Gasteiger partial charge in [0, 0.05) is 5.38 Å². The Balaban J connectivity index is 2.04. The number of hydrogen-bond donors (Lipinski definition) is 0. The van der Waals surface area contributed by atoms with Crippen LogP contribution in [0.5, 0.6) is 0 Å². The fraction of sp³-hybridized carbons (Fsp3) is 0.214. The van der Waals surface area contributed by atoms with Gasteiger partial charge in [-0.1, -0.05) is 12.1 Å². The maximum Gasteiger partial charge on any atom is 0.299 e. The Morgan fingerprint density at radius 2 is 2.05 bits per heavy atom. The van der Waals surface area contributed by atoms with Crippen LogP contribution in [0.1, 0.15) is 26.6 Å². The lowest BCUT2D eigenvalue weighted by Gasteiger charge is -2.17. The summed E-state index contributed by atoms with van der Waals surface area (Å²) >= 11 is 1.54. The largest absolute Gasteiger partial charge is 0.299 e. The molecule has 1 aliphatic heterocycles. The molecule has 1 amide bonds. The zero-order valence-electron chi connectivity index (χ0n) is 10.6. The first-order valence-corrected chi connectivity index (χ1v) is 6.82. The predicted molar refractivity (Wildman–Crippen MR) is 73.6 cm³/mol. The van der Waals surface area contributed by atoms with Crippen LogP contribution >= 0.6 is 11.3 Å². The second-order valence-electron chi connectivity index (χ2n) is 4.55. The van der Waals surface area contributed by atoms with Crippen LogP contribution in [0.25, 0.3) is 0 Å². The molecule has 1 aromatic heterocycles. The van der Waals surface area contributed by atoms with Crippen molar-refractivity contribution in [1.29, 1.82) is 0 Å². The van der Waals surface area contributed by atoms with Gasteiger partial charge < -0.3 is 0 Å². The van der Waals surface area contributed by atoms with Crippen molar-refractivity contribution in [3.05, 3.63) is 45.4 Å². The number of para-hydroxylation sites is 1. The maximum atomic E-state index is 12.1. The van der Waals surface area contributed by atoms with E-state index in [1.165, 1.54) is 4.90 Å². The van der Waals surface area contributed by atoms with Gasteiger partial charge in [-0.2, -0.15) is 0 Å². The third kappa shape index (κ3) is 1.86. The first-order valence-electron chi connectivity index (χ1n) is 5.94. The Labute approximate surface area is 114 Å². The van der Waals surface area contributed by atoms with E-state index in [-0.39, 0.29) is 0 Å². The number of carbonyl (C=O) groups is 2. The molecule has 0 bridgehead atoms. The SMILES string of the molecule is Cc1nc(CN2C(=O)C(=O)c3cccc(C)c32)cs1. The van der Waals surface area contributed by atoms with Crippen molar-refractivity contribution in [3.63, 3.8) is 0 Å². The van der Waals surface area contributed by atoms with Gasteiger partial charge in [0.05, 0.1) is 28.5 Å². The van der Waals surface area contributed by atoms with Crippen LogP contribution in [0.15, 0.2) is 23.6 Å². The van der Waals surface area contributed by atoms with Crippen molar-refractivity contribution in [2.75, 3.05) is 4.90 Å². The fourth-order valence-corrected chi connectivity index (χ4v) is 2.94. The molecule has 19 heavy (non-hydrogen) atoms. The molecule has 0 unspecified atom stereocenters. The quantitative estimate of drug-likeness (QED) is 0.789. The number of Topliss-reactive ketones (excluding diaryl/α,β-unsaturated/α-hetero) is 1. The molecule has 1 aliphatic rings. The Bertz CT molecular complexity index is 691. The summed E-state index contributed by atoms with van der Waals surface area (Å²) in [4.78, 5) is 29.9. The molecule has 0 N–H and O–H groups in total. The van der Waals surface area contributed by atoms with E-state index in [2.05, 4.69) is 4.98 Å². The number of benzene rings is 1. The molecule has 0 radical (unpaired) electrons. The van der Waals surface area contributed by atoms with Gasteiger partial charge in [-0.25, -0.2) is 4.98 Å². The van der Waals surface area contributed by atoms with Gasteiger partial charge in [-0.05, 0) is 25.5 Å². The molecule has 2 heterocycles. The van der Waals surface area contributed by atoms with Crippen molar-refractivity contribution in [1.82, 2.24) is 4.98 Å². The second kappa shape index (κ2) is 4.28. The van der Waals surface area contributed by atoms with Gasteiger partial charge in [0.15, 0.2) is 0 Å². The molecule has 0 fully saturated rings. The average Bonchev–Trinajstić information content (AvgIpc) is 2.89. The topological polar surface area (TPSA) is 50.3 Å². The van der Waals surface area contributed by atoms with E-state index in [1.54, 1.807) is 23.5 Å². The summed E-state index contributed by atoms with van der Waals surface area (Å²) in [6.45, 7) is 4.18. The van der Waals surface area contributed by atoms with Crippen molar-refractivity contribution < 1.29 is 9.59 Å². The highest BCUT2D eigenvalue weighted by Crippen LogP contribution is 2.33. The molecular weight excluding hydrogens is 260 g/mol. The van der Waals surface area contributed by atoms with E-state index < -0.39 is 11.7 Å². The Morgan fingerprint density at radius 3 is 2.74 bits per heavy atom. The lowest BCUT2D eigenvalue weighted by molar-refractivity contribution is -0.114. The number of hydrogen-bond acceptors (Lipinski definition) is 4. The van der Waals surface area contributed by atoms with Crippen molar-refractivity contribution in [2.45, 2.75) is 20.4 Å². The highest BCUT2D eigenvalue weighted by Gasteiger charge is 2.36. The van der Waals surface area contributed by atoms with E-state index in [0.717, 1.165) is 22.0 Å². The van der Waals surface area contributed by atoms with Crippen LogP contribution in [0.2, 0.25) is 0 Å². The monoisotopic (exact) mass is 272 g/mol. The highest BCUT2D eigenvalue weighted by atomic mass is 32.1. The van der Waals surface area contributed by atoms with Crippen LogP contribution in [-0.2, 0) is 11.3 Å². The standard InChI is InChI=1S/C14H12N2O2S/c1-8-4-3-5-11-12(8)16(14(18)13(11)17)6-10-7-19-9(2)15-10/h3-5,7H,6H2,1-2H3. The number of carbonyl (C=O) groups excluding carboxylic acids is 2. The number of aryl methyl sites for hydroxylation is 2. The highest BCUT2D eigenvalue weighted by molar-refractivity contribution is 7.09. The minimum atomic E-state index is -0.463. The lowest BCUT2D eigenvalue weighted by atomic mass is 10.1. The van der Waals surface area contributed by atoms with Crippen molar-refractivity contribution >= 4 is 28.7 Å². The predicted octanol–water partition coefficient (Wildman–Crippen LogP) is 2.49. The van der Waals surface area contributed by atoms with Crippen LogP contribution in [-0.4, -0.2) is 16.7 Å². The zero-order chi connectivity index (χ0) is 13.6. The van der Waals surface area contributed by atoms with Crippen LogP contribution in [0, 0.1) is 13.8 Å². The van der Waals surface area contributed by atoms with Gasteiger partial charge >= 0.3 is 0 Å². The number of thiazole rings is 1. The van der Waals surface area contributed by atoms with Crippen LogP contribution in [0.4, 0.5) is 5.69 Å². The Hall–Kier alpha value is -2.01. The summed E-state index contributed by atoms with van der Waals surface area (Å²) in [6, 6.07) is 5.41. The summed E-state index contributed by atoms with van der Waals surface area (Å²) in [6.07, 6.45) is 0. The molecule has 4 nitrogen and oxygen atoms in total. The Morgan fingerprint density at radius 1 is 1.26 bits per heavy atom. The number of ketones is 1. The summed E-state index contributed by atoms with van der Waals surface area (Å²) < 4.78 is 0. The first kappa shape index (κ1) is 12.0. The molecular formula is C14H12N2O2S. The van der Waals surface area contributed by atoms with Crippen molar-refractivity contribution in [2.24, 2.45) is 0 Å². The summed E-state index contributed by atoms with van der Waals surface area (Å²) in [7, 11) is 0. The third-order valence-corrected chi connectivity index (χ3v) is 4.00. The van der Waals surface area contributed by atoms with Crippen LogP contribution in [0.3, 0.4) is 0 Å². The molecule has 0 saturated carbocycles. The van der Waals surface area contributed by atoms with Gasteiger partial charge in [0.1, 0.15) is 0 Å². The van der Waals surface area contributed by atoms with Crippen LogP contribution < -0.4 is 4.90 Å². The molecule has 3 rings (SSSR count). The van der Waals surface area contributed by atoms with E-state index in [0.29, 0.717) is 12.1 Å². The summed E-state index contributed by atoms with van der Waals surface area (Å²) in [5.74, 6) is -0.888. The van der Waals surface area contributed by atoms with E-state index in [9.17, 15) is 9.59 Å². The van der Waals surface area contributed by atoms with Gasteiger partial charge in [-0.3, -0.25) is 14.5 Å². The number of anilines is 1. The minimum absolute atomic E-state index is 0.354. The normalized spacial score (nSPS) is 14.1. The van der Waals surface area contributed by atoms with Crippen molar-refractivity contribution in [3.8, 4) is 0 Å². The van der Waals surface area contributed by atoms with E-state index >= 15 is 0 Å². The van der Waals surface area contributed by atoms with E-state index in [1.807, 2.05) is 25.3 Å². The number of rotatable bonds is 2. The minimum Gasteiger partial charge on any atom is -0.298 e. The number of nitrogens with zero attached hydrogens (tertiary/aromatic N) is 2. The maximum absolute atomic E-state index is 12.1. The van der Waals surface area contributed by atoms with Gasteiger partial charge in [-0.15, -0.1) is 11.3 Å².